The molecule has 0 saturated heterocycles. The Balaban J connectivity index is 1.55. The normalized spacial score (nSPS) is 22.0. The molecule has 150 valence electrons. The number of aliphatic imine (C=N–C) groups is 1. The zero-order valence-corrected chi connectivity index (χ0v) is 16.7. The lowest BCUT2D eigenvalue weighted by molar-refractivity contribution is 0.0696. The highest BCUT2D eigenvalue weighted by Crippen LogP contribution is 2.44. The Hall–Kier alpha value is -3.25. The predicted octanol–water partition coefficient (Wildman–Crippen LogP) is 4.56. The number of dihydropyridines is 1. The van der Waals surface area contributed by atoms with E-state index in [1.807, 2.05) is 24.3 Å². The molecule has 1 aliphatic carbocycles. The summed E-state index contributed by atoms with van der Waals surface area (Å²) in [4.78, 5) is 29.3. The lowest BCUT2D eigenvalue weighted by atomic mass is 9.90. The molecule has 6 nitrogen and oxygen atoms in total. The van der Waals surface area contributed by atoms with Gasteiger partial charge in [-0.3, -0.25) is 9.79 Å². The third-order valence-electron chi connectivity index (χ3n) is 5.65. The number of ketones is 1. The van der Waals surface area contributed by atoms with Crippen LogP contribution in [-0.4, -0.2) is 35.0 Å². The summed E-state index contributed by atoms with van der Waals surface area (Å²) in [7, 11) is 0. The zero-order valence-electron chi connectivity index (χ0n) is 15.9. The van der Waals surface area contributed by atoms with Gasteiger partial charge in [-0.05, 0) is 60.7 Å². The smallest absolute Gasteiger partial charge is 0.335 e. The number of carbonyl (C=O) groups is 2. The monoisotopic (exact) mass is 419 g/mol. The maximum absolute atomic E-state index is 13.6. The first-order valence-corrected chi connectivity index (χ1v) is 10.2. The number of hydrogen-bond donors (Lipinski definition) is 1. The van der Waals surface area contributed by atoms with Crippen LogP contribution in [-0.2, 0) is 0 Å². The molecule has 2 aromatic rings. The second kappa shape index (κ2) is 7.22. The fourth-order valence-corrected chi connectivity index (χ4v) is 4.26. The molecule has 0 radical (unpaired) electrons. The number of rotatable bonds is 5. The fourth-order valence-electron chi connectivity index (χ4n) is 4.00. The lowest BCUT2D eigenvalue weighted by Crippen LogP contribution is -2.34. The molecule has 2 unspecified atom stereocenters. The largest absolute Gasteiger partial charge is 0.478 e. The number of hydrogen-bond acceptors (Lipinski definition) is 5. The second-order valence-corrected chi connectivity index (χ2v) is 8.02. The average Bonchev–Trinajstić information content (AvgIpc) is 3.53. The topological polar surface area (TPSA) is 82.3 Å². The molecule has 0 spiro atoms. The van der Waals surface area contributed by atoms with Crippen LogP contribution in [0.5, 0.6) is 0 Å². The Morgan fingerprint density at radius 2 is 1.87 bits per heavy atom. The van der Waals surface area contributed by atoms with Crippen LogP contribution in [0, 0.1) is 5.92 Å². The van der Waals surface area contributed by atoms with Crippen molar-refractivity contribution in [3.63, 3.8) is 0 Å². The minimum atomic E-state index is -0.995. The van der Waals surface area contributed by atoms with E-state index in [9.17, 15) is 9.59 Å². The molecule has 0 aromatic heterocycles. The van der Waals surface area contributed by atoms with E-state index in [-0.39, 0.29) is 17.3 Å². The Bertz CT molecular complexity index is 1130. The van der Waals surface area contributed by atoms with Crippen LogP contribution in [0.2, 0.25) is 5.02 Å². The first-order valence-electron chi connectivity index (χ1n) is 9.79. The van der Waals surface area contributed by atoms with Crippen molar-refractivity contribution in [3.05, 3.63) is 76.3 Å². The summed E-state index contributed by atoms with van der Waals surface area (Å²) in [6.45, 7) is 0. The van der Waals surface area contributed by atoms with E-state index in [0.717, 1.165) is 18.4 Å². The summed E-state index contributed by atoms with van der Waals surface area (Å²) in [5.74, 6) is -1.10. The number of Topliss-reactive ketones (excluding diaryl/α,β-unsaturated/α-hetero) is 1. The predicted molar refractivity (Wildman–Crippen MR) is 116 cm³/mol. The number of hydrazone groups is 1. The highest BCUT2D eigenvalue weighted by atomic mass is 35.5. The van der Waals surface area contributed by atoms with Crippen LogP contribution in [0.1, 0.15) is 45.0 Å². The van der Waals surface area contributed by atoms with E-state index in [4.69, 9.17) is 16.7 Å². The van der Waals surface area contributed by atoms with Crippen molar-refractivity contribution in [2.24, 2.45) is 16.0 Å². The lowest BCUT2D eigenvalue weighted by Gasteiger charge is -2.24. The van der Waals surface area contributed by atoms with Crippen molar-refractivity contribution in [1.82, 2.24) is 0 Å². The molecule has 7 heteroatoms. The number of carboxylic acids is 1. The van der Waals surface area contributed by atoms with Crippen molar-refractivity contribution in [2.75, 3.05) is 5.01 Å². The highest BCUT2D eigenvalue weighted by Gasteiger charge is 2.42. The second-order valence-electron chi connectivity index (χ2n) is 7.61. The molecule has 0 amide bonds. The molecular formula is C23H18ClN3O3. The van der Waals surface area contributed by atoms with Gasteiger partial charge in [0.1, 0.15) is 5.71 Å². The summed E-state index contributed by atoms with van der Waals surface area (Å²) in [6, 6.07) is 12.0. The number of carboxylic acid groups (broad SMARTS) is 1. The van der Waals surface area contributed by atoms with Gasteiger partial charge in [0.25, 0.3) is 0 Å². The first kappa shape index (κ1) is 18.8. The van der Waals surface area contributed by atoms with Gasteiger partial charge in [-0.1, -0.05) is 29.8 Å². The minimum Gasteiger partial charge on any atom is -0.478 e. The van der Waals surface area contributed by atoms with Gasteiger partial charge in [-0.2, -0.15) is 5.10 Å². The standard InChI is InChI=1S/C23H18ClN3O3/c24-18-5-1-3-16(13-6-7-13)19(18)21(28)20-17-4-2-12-25-22(17)27(26-20)15-10-8-14(9-11-15)23(29)30/h1-5,8-13,17,22H,6-7H2,(H,29,30). The number of benzene rings is 2. The number of carbonyl (C=O) groups excluding carboxylic acids is 1. The summed E-state index contributed by atoms with van der Waals surface area (Å²) >= 11 is 6.46. The highest BCUT2D eigenvalue weighted by molar-refractivity contribution is 6.51. The van der Waals surface area contributed by atoms with E-state index in [1.54, 1.807) is 29.4 Å². The molecule has 3 aliphatic rings. The van der Waals surface area contributed by atoms with Gasteiger partial charge < -0.3 is 5.11 Å². The van der Waals surface area contributed by atoms with Gasteiger partial charge in [0.15, 0.2) is 6.17 Å². The Labute approximate surface area is 178 Å². The quantitative estimate of drug-likeness (QED) is 0.720. The number of halogens is 1. The van der Waals surface area contributed by atoms with Crippen LogP contribution in [0.4, 0.5) is 5.69 Å². The van der Waals surface area contributed by atoms with Gasteiger partial charge in [-0.25, -0.2) is 9.80 Å². The van der Waals surface area contributed by atoms with Crippen LogP contribution in [0.3, 0.4) is 0 Å². The van der Waals surface area contributed by atoms with E-state index >= 15 is 0 Å². The molecular weight excluding hydrogens is 402 g/mol. The molecule has 2 aliphatic heterocycles. The van der Waals surface area contributed by atoms with Crippen molar-refractivity contribution >= 4 is 41.0 Å². The van der Waals surface area contributed by atoms with Gasteiger partial charge >= 0.3 is 5.97 Å². The van der Waals surface area contributed by atoms with E-state index < -0.39 is 12.1 Å². The van der Waals surface area contributed by atoms with Crippen molar-refractivity contribution in [1.29, 1.82) is 0 Å². The van der Waals surface area contributed by atoms with Crippen molar-refractivity contribution < 1.29 is 14.7 Å². The molecule has 30 heavy (non-hydrogen) atoms. The minimum absolute atomic E-state index is 0.177. The van der Waals surface area contributed by atoms with Gasteiger partial charge in [-0.15, -0.1) is 0 Å². The number of allylic oxidation sites excluding steroid dienone is 1. The molecule has 0 bridgehead atoms. The molecule has 1 fully saturated rings. The molecule has 2 aromatic carbocycles. The SMILES string of the molecule is O=C(O)c1ccc(N2N=C(C(=O)c3c(Cl)cccc3C3CC3)C3C=CC=NC32)cc1. The molecule has 2 atom stereocenters. The number of nitrogens with zero attached hydrogens (tertiary/aromatic N) is 3. The van der Waals surface area contributed by atoms with E-state index in [0.29, 0.717) is 27.9 Å². The van der Waals surface area contributed by atoms with Gasteiger partial charge in [0.2, 0.25) is 5.78 Å². The average molecular weight is 420 g/mol. The Kier molecular flexibility index (Phi) is 4.51. The van der Waals surface area contributed by atoms with Crippen molar-refractivity contribution in [2.45, 2.75) is 24.9 Å². The van der Waals surface area contributed by atoms with Crippen LogP contribution in [0.25, 0.3) is 0 Å². The fraction of sp³-hybridized carbons (Fsp3) is 0.217. The Morgan fingerprint density at radius 1 is 1.10 bits per heavy atom. The van der Waals surface area contributed by atoms with E-state index in [1.165, 1.54) is 12.1 Å². The summed E-state index contributed by atoms with van der Waals surface area (Å²) in [5.41, 5.74) is 2.77. The summed E-state index contributed by atoms with van der Waals surface area (Å²) in [6.07, 6.45) is 7.16. The summed E-state index contributed by atoms with van der Waals surface area (Å²) < 4.78 is 0. The number of aromatic carboxylic acids is 1. The summed E-state index contributed by atoms with van der Waals surface area (Å²) in [5, 5.41) is 15.9. The van der Waals surface area contributed by atoms with Crippen molar-refractivity contribution in [3.8, 4) is 0 Å². The van der Waals surface area contributed by atoms with E-state index in [2.05, 4.69) is 10.1 Å². The first-order chi connectivity index (χ1) is 14.5. The van der Waals surface area contributed by atoms with Crippen LogP contribution < -0.4 is 5.01 Å². The van der Waals surface area contributed by atoms with Gasteiger partial charge in [0.05, 0.1) is 22.2 Å². The third kappa shape index (κ3) is 3.13. The maximum Gasteiger partial charge on any atom is 0.335 e. The maximum atomic E-state index is 13.6. The molecule has 5 rings (SSSR count). The molecule has 1 saturated carbocycles. The number of anilines is 1. The molecule has 2 heterocycles. The van der Waals surface area contributed by atoms with Gasteiger partial charge in [0, 0.05) is 11.8 Å². The number of fused-ring (bicyclic) bond motifs is 1. The zero-order chi connectivity index (χ0) is 20.8. The third-order valence-corrected chi connectivity index (χ3v) is 5.96. The van der Waals surface area contributed by atoms with Crippen LogP contribution >= 0.6 is 11.6 Å². The van der Waals surface area contributed by atoms with Crippen LogP contribution in [0.15, 0.2) is 64.7 Å². The molecule has 1 N–H and O–H groups in total. The Morgan fingerprint density at radius 3 is 2.57 bits per heavy atom.